The number of benzene rings is 1. The molecule has 0 radical (unpaired) electrons. The smallest absolute Gasteiger partial charge is 0.156 e. The minimum Gasteiger partial charge on any atom is -0.397 e. The van der Waals surface area contributed by atoms with Crippen LogP contribution in [0.15, 0.2) is 24.4 Å². The summed E-state index contributed by atoms with van der Waals surface area (Å²) >= 11 is 0. The first kappa shape index (κ1) is 18.4. The van der Waals surface area contributed by atoms with Crippen molar-refractivity contribution in [2.24, 2.45) is 11.3 Å². The highest BCUT2D eigenvalue weighted by Crippen LogP contribution is 2.35. The van der Waals surface area contributed by atoms with Crippen LogP contribution in [0.5, 0.6) is 0 Å². The van der Waals surface area contributed by atoms with Crippen LogP contribution in [-0.2, 0) is 0 Å². The lowest BCUT2D eigenvalue weighted by Crippen LogP contribution is -2.37. The van der Waals surface area contributed by atoms with Crippen LogP contribution in [0, 0.1) is 24.0 Å². The van der Waals surface area contributed by atoms with E-state index in [-0.39, 0.29) is 16.9 Å². The highest BCUT2D eigenvalue weighted by Gasteiger charge is 2.26. The number of pyridine rings is 1. The van der Waals surface area contributed by atoms with Gasteiger partial charge in [0.2, 0.25) is 0 Å². The van der Waals surface area contributed by atoms with Gasteiger partial charge in [-0.25, -0.2) is 19.6 Å². The van der Waals surface area contributed by atoms with E-state index in [1.165, 1.54) is 6.92 Å². The van der Waals surface area contributed by atoms with Crippen LogP contribution >= 0.6 is 0 Å². The lowest BCUT2D eigenvalue weighted by molar-refractivity contribution is 0.279. The van der Waals surface area contributed by atoms with Crippen molar-refractivity contribution in [2.45, 2.75) is 33.6 Å². The summed E-state index contributed by atoms with van der Waals surface area (Å²) in [6.45, 7) is 7.79. The Balaban J connectivity index is 1.82. The molecule has 1 aliphatic heterocycles. The maximum Gasteiger partial charge on any atom is 0.156 e. The normalized spacial score (nSPS) is 16.6. The molecule has 0 unspecified atom stereocenters. The summed E-state index contributed by atoms with van der Waals surface area (Å²) in [5, 5.41) is 1.10. The van der Waals surface area contributed by atoms with Gasteiger partial charge < -0.3 is 10.6 Å². The number of nitrogens with zero attached hydrogens (tertiary/aromatic N) is 3. The molecule has 0 saturated carbocycles. The molecule has 1 aromatic heterocycles. The Kier molecular flexibility index (Phi) is 4.75. The molecule has 26 heavy (non-hydrogen) atoms. The Morgan fingerprint density at radius 1 is 1.19 bits per heavy atom. The first-order valence-corrected chi connectivity index (χ1v) is 8.69. The summed E-state index contributed by atoms with van der Waals surface area (Å²) in [5.41, 5.74) is 6.37. The van der Waals surface area contributed by atoms with Gasteiger partial charge in [-0.1, -0.05) is 13.8 Å². The molecule has 3 rings (SSSR count). The number of hydrogen-bond acceptors (Lipinski definition) is 5. The number of hydrazine groups is 1. The summed E-state index contributed by atoms with van der Waals surface area (Å²) in [6.07, 6.45) is 3.79. The molecule has 1 fully saturated rings. The van der Waals surface area contributed by atoms with E-state index in [2.05, 4.69) is 23.7 Å². The van der Waals surface area contributed by atoms with Gasteiger partial charge in [-0.3, -0.25) is 5.01 Å². The van der Waals surface area contributed by atoms with Crippen molar-refractivity contribution in [1.82, 2.24) is 4.98 Å². The highest BCUT2D eigenvalue weighted by atomic mass is 19.1. The molecule has 2 aromatic rings. The zero-order valence-electron chi connectivity index (χ0n) is 15.4. The van der Waals surface area contributed by atoms with Crippen LogP contribution in [0.2, 0.25) is 0 Å². The number of hydrogen-bond donors (Lipinski definition) is 2. The average Bonchev–Trinajstić information content (AvgIpc) is 2.60. The second-order valence-corrected chi connectivity index (χ2v) is 7.63. The van der Waals surface area contributed by atoms with Crippen molar-refractivity contribution in [3.63, 3.8) is 0 Å². The van der Waals surface area contributed by atoms with Crippen LogP contribution in [0.3, 0.4) is 0 Å². The molecular formula is C19H25F2N5. The quantitative estimate of drug-likeness (QED) is 0.493. The second-order valence-electron chi connectivity index (χ2n) is 7.63. The van der Waals surface area contributed by atoms with E-state index in [9.17, 15) is 8.78 Å². The molecule has 0 bridgehead atoms. The molecule has 0 aliphatic carbocycles. The fraction of sp³-hybridized carbons (Fsp3) is 0.421. The Bertz CT molecular complexity index is 795. The number of aromatic nitrogens is 1. The lowest BCUT2D eigenvalue weighted by Gasteiger charge is -2.37. The zero-order chi connectivity index (χ0) is 19.1. The maximum atomic E-state index is 14.4. The largest absolute Gasteiger partial charge is 0.397 e. The predicted molar refractivity (Wildman–Crippen MR) is 101 cm³/mol. The van der Waals surface area contributed by atoms with Gasteiger partial charge in [-0.15, -0.1) is 0 Å². The van der Waals surface area contributed by atoms with E-state index in [4.69, 9.17) is 11.6 Å². The predicted octanol–water partition coefficient (Wildman–Crippen LogP) is 3.89. The van der Waals surface area contributed by atoms with E-state index < -0.39 is 11.6 Å². The number of anilines is 4. The third kappa shape index (κ3) is 3.44. The van der Waals surface area contributed by atoms with Crippen molar-refractivity contribution in [2.75, 3.05) is 28.7 Å². The van der Waals surface area contributed by atoms with E-state index >= 15 is 0 Å². The van der Waals surface area contributed by atoms with E-state index in [1.807, 2.05) is 6.07 Å². The topological polar surface area (TPSA) is 71.4 Å². The summed E-state index contributed by atoms with van der Waals surface area (Å²) < 4.78 is 28.0. The summed E-state index contributed by atoms with van der Waals surface area (Å²) in [4.78, 5) is 6.69. The number of rotatable bonds is 3. The maximum absolute atomic E-state index is 14.4. The van der Waals surface area contributed by atoms with Gasteiger partial charge in [-0.2, -0.15) is 0 Å². The first-order valence-electron chi connectivity index (χ1n) is 8.69. The number of nitrogens with two attached hydrogens (primary N) is 2. The van der Waals surface area contributed by atoms with Gasteiger partial charge in [0.15, 0.2) is 5.82 Å². The molecule has 0 atom stereocenters. The summed E-state index contributed by atoms with van der Waals surface area (Å²) in [6, 6.07) is 4.70. The third-order valence-corrected chi connectivity index (χ3v) is 5.14. The van der Waals surface area contributed by atoms with Crippen molar-refractivity contribution >= 4 is 22.9 Å². The van der Waals surface area contributed by atoms with Crippen molar-refractivity contribution < 1.29 is 8.78 Å². The SMILES string of the molecule is Cc1c(F)cc(N)c(N(N)c2ccc(N3CCC(C)(C)CC3)nc2)c1F. The van der Waals surface area contributed by atoms with Crippen molar-refractivity contribution in [3.8, 4) is 0 Å². The first-order chi connectivity index (χ1) is 12.2. The van der Waals surface area contributed by atoms with E-state index in [1.54, 1.807) is 12.3 Å². The summed E-state index contributed by atoms with van der Waals surface area (Å²) in [7, 11) is 0. The molecule has 7 heteroatoms. The van der Waals surface area contributed by atoms with Gasteiger partial charge in [-0.05, 0) is 43.4 Å². The van der Waals surface area contributed by atoms with Crippen LogP contribution < -0.4 is 21.5 Å². The number of halogens is 2. The molecule has 0 amide bonds. The number of nitrogen functional groups attached to an aromatic ring is 1. The highest BCUT2D eigenvalue weighted by molar-refractivity contribution is 5.75. The van der Waals surface area contributed by atoms with Gasteiger partial charge in [0.05, 0.1) is 17.6 Å². The lowest BCUT2D eigenvalue weighted by atomic mass is 9.83. The van der Waals surface area contributed by atoms with Gasteiger partial charge in [0, 0.05) is 18.7 Å². The number of piperidine rings is 1. The van der Waals surface area contributed by atoms with Crippen molar-refractivity contribution in [1.29, 1.82) is 0 Å². The molecule has 1 saturated heterocycles. The molecule has 4 N–H and O–H groups in total. The standard InChI is InChI=1S/C19H25F2N5/c1-12-14(20)10-15(22)18(17(12)21)26(23)13-4-5-16(24-11-13)25-8-6-19(2,3)7-9-25/h4-5,10-11H,6-9,22-23H2,1-3H3. The fourth-order valence-corrected chi connectivity index (χ4v) is 3.15. The zero-order valence-corrected chi connectivity index (χ0v) is 15.4. The Labute approximate surface area is 152 Å². The van der Waals surface area contributed by atoms with Crippen LogP contribution in [0.25, 0.3) is 0 Å². The van der Waals surface area contributed by atoms with E-state index in [0.29, 0.717) is 11.1 Å². The van der Waals surface area contributed by atoms with Crippen LogP contribution in [0.4, 0.5) is 31.7 Å². The fourth-order valence-electron chi connectivity index (χ4n) is 3.15. The van der Waals surface area contributed by atoms with E-state index in [0.717, 1.165) is 42.8 Å². The third-order valence-electron chi connectivity index (χ3n) is 5.14. The van der Waals surface area contributed by atoms with Crippen molar-refractivity contribution in [3.05, 3.63) is 41.6 Å². The van der Waals surface area contributed by atoms with Crippen LogP contribution in [0.1, 0.15) is 32.3 Å². The Morgan fingerprint density at radius 2 is 1.85 bits per heavy atom. The molecule has 1 aromatic carbocycles. The molecule has 0 spiro atoms. The molecular weight excluding hydrogens is 336 g/mol. The van der Waals surface area contributed by atoms with Gasteiger partial charge >= 0.3 is 0 Å². The van der Waals surface area contributed by atoms with Crippen LogP contribution in [-0.4, -0.2) is 18.1 Å². The Hall–Kier alpha value is -2.41. The van der Waals surface area contributed by atoms with Gasteiger partial charge in [0.25, 0.3) is 0 Å². The minimum atomic E-state index is -0.771. The Morgan fingerprint density at radius 3 is 2.42 bits per heavy atom. The summed E-state index contributed by atoms with van der Waals surface area (Å²) in [5.74, 6) is 5.43. The molecule has 2 heterocycles. The molecule has 5 nitrogen and oxygen atoms in total. The second kappa shape index (κ2) is 6.72. The minimum absolute atomic E-state index is 0.0572. The molecule has 1 aliphatic rings. The van der Waals surface area contributed by atoms with Gasteiger partial charge in [0.1, 0.15) is 17.3 Å². The molecule has 140 valence electrons. The monoisotopic (exact) mass is 361 g/mol. The average molecular weight is 361 g/mol.